The molecule has 1 unspecified atom stereocenters. The number of para-hydroxylation sites is 1. The van der Waals surface area contributed by atoms with Gasteiger partial charge in [0.25, 0.3) is 0 Å². The highest BCUT2D eigenvalue weighted by molar-refractivity contribution is 7.79. The maximum absolute atomic E-state index is 10.8. The van der Waals surface area contributed by atoms with Gasteiger partial charge in [-0.05, 0) is 41.4 Å². The normalized spacial score (nSPS) is 12.1. The number of benzene rings is 2. The van der Waals surface area contributed by atoms with Crippen LogP contribution in [-0.4, -0.2) is 8.76 Å². The highest BCUT2D eigenvalue weighted by atomic mass is 32.2. The van der Waals surface area contributed by atoms with Crippen molar-refractivity contribution in [1.29, 1.82) is 0 Å². The Kier molecular flexibility index (Phi) is 3.34. The average molecular weight is 233 g/mol. The zero-order valence-corrected chi connectivity index (χ0v) is 9.15. The first-order valence-corrected chi connectivity index (χ1v) is 5.75. The number of rotatable bonds is 3. The molecule has 4 heteroatoms. The summed E-state index contributed by atoms with van der Waals surface area (Å²) in [7, 11) is 0. The van der Waals surface area contributed by atoms with E-state index in [2.05, 4.69) is 0 Å². The van der Waals surface area contributed by atoms with Crippen LogP contribution in [0.5, 0.6) is 11.5 Å². The molecule has 0 saturated carbocycles. The van der Waals surface area contributed by atoms with Gasteiger partial charge in [-0.3, -0.25) is 4.21 Å². The van der Waals surface area contributed by atoms with Crippen LogP contribution in [0.25, 0.3) is 0 Å². The van der Waals surface area contributed by atoms with Gasteiger partial charge in [0.15, 0.2) is 0 Å². The Morgan fingerprint density at radius 2 is 1.62 bits per heavy atom. The first kappa shape index (κ1) is 10.9. The lowest BCUT2D eigenvalue weighted by Crippen LogP contribution is -1.90. The summed E-state index contributed by atoms with van der Waals surface area (Å²) in [5, 5.41) is 0. The molecule has 82 valence electrons. The fourth-order valence-electron chi connectivity index (χ4n) is 1.27. The second-order valence-electron chi connectivity index (χ2n) is 3.12. The van der Waals surface area contributed by atoms with Crippen LogP contribution in [0.3, 0.4) is 0 Å². The Morgan fingerprint density at radius 1 is 0.938 bits per heavy atom. The molecule has 0 aliphatic carbocycles. The van der Waals surface area contributed by atoms with Gasteiger partial charge in [0, 0.05) is 4.90 Å². The van der Waals surface area contributed by atoms with Crippen molar-refractivity contribution in [3.8, 4) is 11.5 Å². The van der Waals surface area contributed by atoms with E-state index in [0.717, 1.165) is 0 Å². The lowest BCUT2D eigenvalue weighted by Gasteiger charge is -2.08. The van der Waals surface area contributed by atoms with Crippen molar-refractivity contribution in [2.75, 3.05) is 0 Å². The van der Waals surface area contributed by atoms with Crippen LogP contribution in [0.2, 0.25) is 0 Å². The van der Waals surface area contributed by atoms with Gasteiger partial charge < -0.3 is 9.29 Å². The Balaban J connectivity index is 2.22. The standard InChI is InChI=1S/C12H10O3S/c13-16(14)12-8-4-7-11(9-12)15-10-5-2-1-3-6-10/h1-9H,(H,13,14)/p-1. The second kappa shape index (κ2) is 4.92. The maximum atomic E-state index is 10.8. The molecule has 0 radical (unpaired) electrons. The Hall–Kier alpha value is -1.65. The van der Waals surface area contributed by atoms with E-state index in [9.17, 15) is 8.76 Å². The smallest absolute Gasteiger partial charge is 0.128 e. The molecule has 0 bridgehead atoms. The van der Waals surface area contributed by atoms with Gasteiger partial charge in [-0.1, -0.05) is 24.3 Å². The molecule has 0 heterocycles. The zero-order valence-electron chi connectivity index (χ0n) is 8.33. The fourth-order valence-corrected chi connectivity index (χ4v) is 1.67. The Bertz CT molecular complexity index is 497. The highest BCUT2D eigenvalue weighted by Gasteiger charge is 1.98. The minimum Gasteiger partial charge on any atom is -0.768 e. The third kappa shape index (κ3) is 2.68. The van der Waals surface area contributed by atoms with Gasteiger partial charge in [-0.15, -0.1) is 0 Å². The van der Waals surface area contributed by atoms with Crippen molar-refractivity contribution in [3.05, 3.63) is 54.6 Å². The van der Waals surface area contributed by atoms with E-state index in [-0.39, 0.29) is 4.90 Å². The minimum absolute atomic E-state index is 0.216. The quantitative estimate of drug-likeness (QED) is 0.766. The third-order valence-corrected chi connectivity index (χ3v) is 2.62. The molecule has 2 rings (SSSR count). The van der Waals surface area contributed by atoms with Crippen LogP contribution < -0.4 is 4.74 Å². The molecule has 0 aliphatic heterocycles. The number of hydrogen-bond donors (Lipinski definition) is 0. The van der Waals surface area contributed by atoms with Gasteiger partial charge in [0.2, 0.25) is 0 Å². The first-order valence-electron chi connectivity index (χ1n) is 4.68. The molecular weight excluding hydrogens is 224 g/mol. The van der Waals surface area contributed by atoms with Crippen molar-refractivity contribution in [2.45, 2.75) is 4.90 Å². The maximum Gasteiger partial charge on any atom is 0.128 e. The van der Waals surface area contributed by atoms with E-state index in [1.54, 1.807) is 24.3 Å². The Labute approximate surface area is 96.0 Å². The lowest BCUT2D eigenvalue weighted by molar-refractivity contribution is 0.480. The van der Waals surface area contributed by atoms with Gasteiger partial charge in [-0.25, -0.2) is 0 Å². The van der Waals surface area contributed by atoms with Crippen molar-refractivity contribution >= 4 is 11.1 Å². The van der Waals surface area contributed by atoms with E-state index in [4.69, 9.17) is 4.74 Å². The van der Waals surface area contributed by atoms with Crippen molar-refractivity contribution in [3.63, 3.8) is 0 Å². The molecule has 0 saturated heterocycles. The lowest BCUT2D eigenvalue weighted by atomic mass is 10.3. The molecule has 0 aromatic heterocycles. The van der Waals surface area contributed by atoms with E-state index in [0.29, 0.717) is 11.5 Å². The monoisotopic (exact) mass is 233 g/mol. The zero-order chi connectivity index (χ0) is 11.4. The van der Waals surface area contributed by atoms with Crippen LogP contribution in [0.4, 0.5) is 0 Å². The van der Waals surface area contributed by atoms with Crippen LogP contribution in [0, 0.1) is 0 Å². The van der Waals surface area contributed by atoms with E-state index in [1.165, 1.54) is 12.1 Å². The van der Waals surface area contributed by atoms with Gasteiger partial charge >= 0.3 is 0 Å². The Morgan fingerprint density at radius 3 is 2.31 bits per heavy atom. The van der Waals surface area contributed by atoms with Crippen LogP contribution >= 0.6 is 0 Å². The van der Waals surface area contributed by atoms with Crippen molar-refractivity contribution in [1.82, 2.24) is 0 Å². The highest BCUT2D eigenvalue weighted by Crippen LogP contribution is 2.22. The molecule has 2 aromatic rings. The number of hydrogen-bond acceptors (Lipinski definition) is 3. The number of ether oxygens (including phenoxy) is 1. The molecule has 0 aliphatic rings. The summed E-state index contributed by atoms with van der Waals surface area (Å²) in [5.41, 5.74) is 0. The molecule has 0 fully saturated rings. The summed E-state index contributed by atoms with van der Waals surface area (Å²) in [6.07, 6.45) is 0. The molecule has 1 atom stereocenters. The van der Waals surface area contributed by atoms with E-state index < -0.39 is 11.1 Å². The van der Waals surface area contributed by atoms with E-state index >= 15 is 0 Å². The molecule has 0 N–H and O–H groups in total. The second-order valence-corrected chi connectivity index (χ2v) is 4.07. The fraction of sp³-hybridized carbons (Fsp3) is 0. The first-order chi connectivity index (χ1) is 7.75. The van der Waals surface area contributed by atoms with Crippen LogP contribution in [0.15, 0.2) is 59.5 Å². The third-order valence-electron chi connectivity index (χ3n) is 1.98. The van der Waals surface area contributed by atoms with Crippen molar-refractivity contribution < 1.29 is 13.5 Å². The summed E-state index contributed by atoms with van der Waals surface area (Å²) >= 11 is -2.23. The molecular formula is C12H9O3S-. The SMILES string of the molecule is O=S([O-])c1cccc(Oc2ccccc2)c1. The van der Waals surface area contributed by atoms with Crippen LogP contribution in [-0.2, 0) is 11.1 Å². The van der Waals surface area contributed by atoms with E-state index in [1.807, 2.05) is 18.2 Å². The summed E-state index contributed by atoms with van der Waals surface area (Å²) in [5.74, 6) is 1.18. The largest absolute Gasteiger partial charge is 0.768 e. The van der Waals surface area contributed by atoms with Gasteiger partial charge in [0.05, 0.1) is 0 Å². The summed E-state index contributed by atoms with van der Waals surface area (Å²) < 4.78 is 27.0. The van der Waals surface area contributed by atoms with Gasteiger partial charge in [-0.2, -0.15) is 0 Å². The van der Waals surface area contributed by atoms with Crippen molar-refractivity contribution in [2.24, 2.45) is 0 Å². The predicted octanol–water partition coefficient (Wildman–Crippen LogP) is 2.72. The van der Waals surface area contributed by atoms with Crippen LogP contribution in [0.1, 0.15) is 0 Å². The molecule has 3 nitrogen and oxygen atoms in total. The molecule has 0 spiro atoms. The molecule has 0 amide bonds. The topological polar surface area (TPSA) is 49.4 Å². The predicted molar refractivity (Wildman–Crippen MR) is 60.1 cm³/mol. The minimum atomic E-state index is -2.23. The van der Waals surface area contributed by atoms with Gasteiger partial charge in [0.1, 0.15) is 11.5 Å². The summed E-state index contributed by atoms with van der Waals surface area (Å²) in [4.78, 5) is 0.216. The summed E-state index contributed by atoms with van der Waals surface area (Å²) in [6, 6.07) is 15.6. The molecule has 16 heavy (non-hydrogen) atoms. The average Bonchev–Trinajstić information content (AvgIpc) is 2.30. The molecule has 2 aromatic carbocycles. The summed E-state index contributed by atoms with van der Waals surface area (Å²) in [6.45, 7) is 0.